The summed E-state index contributed by atoms with van der Waals surface area (Å²) in [5, 5.41) is 2.18. The van der Waals surface area contributed by atoms with Crippen LogP contribution in [0.5, 0.6) is 0 Å². The molecule has 0 aromatic heterocycles. The summed E-state index contributed by atoms with van der Waals surface area (Å²) < 4.78 is 10.2. The number of benzene rings is 2. The van der Waals surface area contributed by atoms with E-state index in [0.29, 0.717) is 6.42 Å². The number of hydrogen-bond donors (Lipinski definition) is 0. The van der Waals surface area contributed by atoms with Gasteiger partial charge in [0.15, 0.2) is 5.41 Å². The van der Waals surface area contributed by atoms with Gasteiger partial charge < -0.3 is 9.47 Å². The molecule has 4 nitrogen and oxygen atoms in total. The highest BCUT2D eigenvalue weighted by Gasteiger charge is 2.53. The molecular formula is C23H24O4. The first-order valence-electron chi connectivity index (χ1n) is 9.09. The van der Waals surface area contributed by atoms with Gasteiger partial charge in [-0.2, -0.15) is 0 Å². The third-order valence-corrected chi connectivity index (χ3v) is 5.26. The van der Waals surface area contributed by atoms with Crippen molar-refractivity contribution in [3.05, 3.63) is 72.3 Å². The number of allylic oxidation sites excluding steroid dienone is 4. The molecule has 140 valence electrons. The van der Waals surface area contributed by atoms with E-state index < -0.39 is 17.4 Å². The summed E-state index contributed by atoms with van der Waals surface area (Å²) in [7, 11) is 2.64. The first kappa shape index (κ1) is 18.9. The zero-order chi connectivity index (χ0) is 19.3. The molecule has 1 atom stereocenters. The fourth-order valence-electron chi connectivity index (χ4n) is 3.85. The molecule has 0 saturated heterocycles. The molecule has 0 amide bonds. The highest BCUT2D eigenvalue weighted by molar-refractivity contribution is 6.01. The van der Waals surface area contributed by atoms with Gasteiger partial charge in [0.25, 0.3) is 0 Å². The van der Waals surface area contributed by atoms with Gasteiger partial charge in [-0.25, -0.2) is 0 Å². The van der Waals surface area contributed by atoms with Crippen LogP contribution >= 0.6 is 0 Å². The van der Waals surface area contributed by atoms with Gasteiger partial charge in [-0.1, -0.05) is 66.8 Å². The smallest absolute Gasteiger partial charge is 0.324 e. The van der Waals surface area contributed by atoms with Crippen molar-refractivity contribution >= 4 is 22.7 Å². The van der Waals surface area contributed by atoms with Crippen molar-refractivity contribution in [1.29, 1.82) is 0 Å². The molecule has 0 heterocycles. The van der Waals surface area contributed by atoms with E-state index in [4.69, 9.17) is 9.47 Å². The summed E-state index contributed by atoms with van der Waals surface area (Å²) in [4.78, 5) is 25.9. The Labute approximate surface area is 159 Å². The summed E-state index contributed by atoms with van der Waals surface area (Å²) in [5.41, 5.74) is -0.510. The van der Waals surface area contributed by atoms with Crippen molar-refractivity contribution in [2.75, 3.05) is 14.2 Å². The lowest BCUT2D eigenvalue weighted by Gasteiger charge is -2.34. The van der Waals surface area contributed by atoms with E-state index in [-0.39, 0.29) is 12.3 Å². The van der Waals surface area contributed by atoms with Crippen LogP contribution in [-0.4, -0.2) is 26.2 Å². The number of ether oxygens (including phenoxy) is 2. The molecule has 0 bridgehead atoms. The number of carbonyl (C=O) groups excluding carboxylic acids is 2. The van der Waals surface area contributed by atoms with Gasteiger partial charge in [-0.05, 0) is 35.6 Å². The Morgan fingerprint density at radius 3 is 2.41 bits per heavy atom. The van der Waals surface area contributed by atoms with Crippen LogP contribution in [0.3, 0.4) is 0 Å². The average Bonchev–Trinajstić information content (AvgIpc) is 3.00. The standard InChI is InChI=1S/C23H24O4/c1-26-21(24)23(22(25)27-2,20-11-5-3-4-6-12-20)16-17-13-14-18-9-7-8-10-19(18)15-17/h3-5,7-11,13-15,20H,6,12,16H2,1-2H3. The normalized spacial score (nSPS) is 16.7. The molecule has 3 rings (SSSR count). The monoisotopic (exact) mass is 364 g/mol. The molecule has 4 heteroatoms. The van der Waals surface area contributed by atoms with Crippen molar-refractivity contribution in [2.45, 2.75) is 19.3 Å². The van der Waals surface area contributed by atoms with E-state index in [9.17, 15) is 9.59 Å². The molecule has 2 aromatic rings. The molecule has 0 aliphatic heterocycles. The molecule has 1 unspecified atom stereocenters. The van der Waals surface area contributed by atoms with Crippen LogP contribution in [0.1, 0.15) is 18.4 Å². The summed E-state index contributed by atoms with van der Waals surface area (Å²) in [6.45, 7) is 0. The number of hydrogen-bond acceptors (Lipinski definition) is 4. The van der Waals surface area contributed by atoms with Crippen LogP contribution in [0.15, 0.2) is 66.8 Å². The van der Waals surface area contributed by atoms with Crippen LogP contribution in [0, 0.1) is 11.3 Å². The van der Waals surface area contributed by atoms with Crippen LogP contribution < -0.4 is 0 Å². The van der Waals surface area contributed by atoms with Gasteiger partial charge in [0.1, 0.15) is 0 Å². The molecule has 2 aromatic carbocycles. The largest absolute Gasteiger partial charge is 0.468 e. The maximum Gasteiger partial charge on any atom is 0.324 e. The summed E-state index contributed by atoms with van der Waals surface area (Å²) in [5.74, 6) is -1.42. The van der Waals surface area contributed by atoms with Crippen LogP contribution in [0.25, 0.3) is 10.8 Å². The Morgan fingerprint density at radius 1 is 1.00 bits per heavy atom. The minimum absolute atomic E-state index is 0.228. The SMILES string of the molecule is COC(=O)C(Cc1ccc2ccccc2c1)(C(=O)OC)C1C=CC=CCC1. The minimum atomic E-state index is -1.41. The molecule has 0 spiro atoms. The predicted molar refractivity (Wildman–Crippen MR) is 105 cm³/mol. The van der Waals surface area contributed by atoms with Gasteiger partial charge in [-0.3, -0.25) is 9.59 Å². The van der Waals surface area contributed by atoms with E-state index in [1.54, 1.807) is 0 Å². The zero-order valence-corrected chi connectivity index (χ0v) is 15.7. The predicted octanol–water partition coefficient (Wildman–Crippen LogP) is 4.24. The number of methoxy groups -OCH3 is 2. The molecule has 0 saturated carbocycles. The van der Waals surface area contributed by atoms with Crippen molar-refractivity contribution in [3.63, 3.8) is 0 Å². The van der Waals surface area contributed by atoms with Crippen molar-refractivity contribution in [3.8, 4) is 0 Å². The highest BCUT2D eigenvalue weighted by Crippen LogP contribution is 2.40. The summed E-state index contributed by atoms with van der Waals surface area (Å²) in [6.07, 6.45) is 9.46. The zero-order valence-electron chi connectivity index (χ0n) is 15.7. The van der Waals surface area contributed by atoms with Gasteiger partial charge in [0, 0.05) is 5.92 Å². The van der Waals surface area contributed by atoms with Crippen molar-refractivity contribution in [2.24, 2.45) is 11.3 Å². The summed E-state index contributed by atoms with van der Waals surface area (Å²) >= 11 is 0. The number of carbonyl (C=O) groups is 2. The first-order valence-corrected chi connectivity index (χ1v) is 9.09. The Hall–Kier alpha value is -2.88. The van der Waals surface area contributed by atoms with Gasteiger partial charge in [-0.15, -0.1) is 0 Å². The van der Waals surface area contributed by atoms with E-state index in [2.05, 4.69) is 0 Å². The molecule has 1 aliphatic rings. The second-order valence-electron chi connectivity index (χ2n) is 6.81. The quantitative estimate of drug-likeness (QED) is 0.588. The average molecular weight is 364 g/mol. The second-order valence-corrected chi connectivity index (χ2v) is 6.81. The Kier molecular flexibility index (Phi) is 5.75. The van der Waals surface area contributed by atoms with Crippen molar-refractivity contribution in [1.82, 2.24) is 0 Å². The third kappa shape index (κ3) is 3.65. The molecule has 0 N–H and O–H groups in total. The topological polar surface area (TPSA) is 52.6 Å². The van der Waals surface area contributed by atoms with Crippen LogP contribution in [-0.2, 0) is 25.5 Å². The highest BCUT2D eigenvalue weighted by atomic mass is 16.5. The summed E-state index contributed by atoms with van der Waals surface area (Å²) in [6, 6.07) is 14.0. The molecule has 27 heavy (non-hydrogen) atoms. The molecular weight excluding hydrogens is 340 g/mol. The molecule has 0 radical (unpaired) electrons. The number of fused-ring (bicyclic) bond motifs is 1. The van der Waals surface area contributed by atoms with Gasteiger partial charge >= 0.3 is 11.9 Å². The van der Waals surface area contributed by atoms with Crippen LogP contribution in [0.4, 0.5) is 0 Å². The van der Waals surface area contributed by atoms with E-state index >= 15 is 0 Å². The first-order chi connectivity index (χ1) is 13.1. The Balaban J connectivity index is 2.08. The fraction of sp³-hybridized carbons (Fsp3) is 0.304. The lowest BCUT2D eigenvalue weighted by molar-refractivity contribution is -0.172. The van der Waals surface area contributed by atoms with E-state index in [1.807, 2.05) is 66.8 Å². The second kappa shape index (κ2) is 8.21. The fourth-order valence-corrected chi connectivity index (χ4v) is 3.85. The van der Waals surface area contributed by atoms with Crippen molar-refractivity contribution < 1.29 is 19.1 Å². The number of esters is 2. The number of rotatable bonds is 5. The third-order valence-electron chi connectivity index (χ3n) is 5.26. The lowest BCUT2D eigenvalue weighted by Crippen LogP contribution is -2.48. The minimum Gasteiger partial charge on any atom is -0.468 e. The van der Waals surface area contributed by atoms with Crippen LogP contribution in [0.2, 0.25) is 0 Å². The Bertz CT molecular complexity index is 878. The maximum absolute atomic E-state index is 12.9. The van der Waals surface area contributed by atoms with E-state index in [0.717, 1.165) is 22.8 Å². The molecule has 0 fully saturated rings. The molecule has 1 aliphatic carbocycles. The maximum atomic E-state index is 12.9. The Morgan fingerprint density at radius 2 is 1.70 bits per heavy atom. The van der Waals surface area contributed by atoms with Gasteiger partial charge in [0.05, 0.1) is 14.2 Å². The van der Waals surface area contributed by atoms with Gasteiger partial charge in [0.2, 0.25) is 0 Å². The lowest BCUT2D eigenvalue weighted by atomic mass is 9.69. The van der Waals surface area contributed by atoms with E-state index in [1.165, 1.54) is 14.2 Å².